The van der Waals surface area contributed by atoms with E-state index in [1.807, 2.05) is 13.0 Å². The van der Waals surface area contributed by atoms with Gasteiger partial charge in [-0.15, -0.1) is 0 Å². The molecule has 1 unspecified atom stereocenters. The predicted molar refractivity (Wildman–Crippen MR) is 77.9 cm³/mol. The molecule has 2 aromatic rings. The maximum atomic E-state index is 13.7. The highest BCUT2D eigenvalue weighted by molar-refractivity contribution is 5.49. The smallest absolute Gasteiger partial charge is 0.181 e. The maximum absolute atomic E-state index is 13.7. The Morgan fingerprint density at radius 2 is 1.71 bits per heavy atom. The number of hydrogen-bond acceptors (Lipinski definition) is 3. The topological polar surface area (TPSA) is 30.5 Å². The molecule has 0 amide bonds. The summed E-state index contributed by atoms with van der Waals surface area (Å²) in [5, 5.41) is 2.94. The minimum absolute atomic E-state index is 0.122. The Balaban J connectivity index is 2.24. The van der Waals surface area contributed by atoms with E-state index in [1.165, 1.54) is 12.1 Å². The van der Waals surface area contributed by atoms with Crippen LogP contribution < -0.4 is 14.8 Å². The van der Waals surface area contributed by atoms with Crippen molar-refractivity contribution < 1.29 is 18.3 Å². The van der Waals surface area contributed by atoms with E-state index in [0.717, 1.165) is 11.6 Å². The summed E-state index contributed by atoms with van der Waals surface area (Å²) >= 11 is 0. The quantitative estimate of drug-likeness (QED) is 0.898. The molecule has 2 aromatic carbocycles. The molecule has 0 heterocycles. The van der Waals surface area contributed by atoms with Crippen LogP contribution in [0.3, 0.4) is 0 Å². The molecule has 112 valence electrons. The van der Waals surface area contributed by atoms with E-state index in [9.17, 15) is 8.78 Å². The summed E-state index contributed by atoms with van der Waals surface area (Å²) in [5.41, 5.74) is 0.994. The second-order valence-corrected chi connectivity index (χ2v) is 4.58. The number of halogens is 2. The summed E-state index contributed by atoms with van der Waals surface area (Å²) in [4.78, 5) is 0. The van der Waals surface area contributed by atoms with Gasteiger partial charge in [-0.25, -0.2) is 8.78 Å². The van der Waals surface area contributed by atoms with Crippen LogP contribution in [-0.4, -0.2) is 14.2 Å². The van der Waals surface area contributed by atoms with Crippen molar-refractivity contribution in [2.75, 3.05) is 19.5 Å². The minimum atomic E-state index is -0.884. The molecular weight excluding hydrogens is 276 g/mol. The van der Waals surface area contributed by atoms with Gasteiger partial charge in [0.2, 0.25) is 0 Å². The van der Waals surface area contributed by atoms with E-state index in [4.69, 9.17) is 9.47 Å². The minimum Gasteiger partial charge on any atom is -0.493 e. The number of ether oxygens (including phenoxy) is 2. The van der Waals surface area contributed by atoms with Gasteiger partial charge in [0.15, 0.2) is 23.1 Å². The number of benzene rings is 2. The van der Waals surface area contributed by atoms with Crippen molar-refractivity contribution in [3.8, 4) is 11.5 Å². The lowest BCUT2D eigenvalue weighted by molar-refractivity contribution is 0.354. The van der Waals surface area contributed by atoms with E-state index >= 15 is 0 Å². The Bertz CT molecular complexity index is 632. The molecule has 0 spiro atoms. The van der Waals surface area contributed by atoms with Crippen LogP contribution in [0.5, 0.6) is 11.5 Å². The largest absolute Gasteiger partial charge is 0.493 e. The van der Waals surface area contributed by atoms with Gasteiger partial charge in [-0.1, -0.05) is 12.1 Å². The second kappa shape index (κ2) is 6.43. The number of methoxy groups -OCH3 is 2. The summed E-state index contributed by atoms with van der Waals surface area (Å²) in [6, 6.07) is 9.23. The first-order valence-corrected chi connectivity index (χ1v) is 6.49. The van der Waals surface area contributed by atoms with Gasteiger partial charge in [-0.2, -0.15) is 0 Å². The first-order valence-electron chi connectivity index (χ1n) is 6.49. The van der Waals surface area contributed by atoms with Crippen molar-refractivity contribution in [1.82, 2.24) is 0 Å². The van der Waals surface area contributed by atoms with Gasteiger partial charge in [-0.3, -0.25) is 0 Å². The van der Waals surface area contributed by atoms with Gasteiger partial charge in [0.1, 0.15) is 0 Å². The van der Waals surface area contributed by atoms with Crippen LogP contribution in [0.25, 0.3) is 0 Å². The van der Waals surface area contributed by atoms with E-state index in [0.29, 0.717) is 11.5 Å². The number of rotatable bonds is 5. The summed E-state index contributed by atoms with van der Waals surface area (Å²) in [6.07, 6.45) is 0. The zero-order chi connectivity index (χ0) is 15.4. The summed E-state index contributed by atoms with van der Waals surface area (Å²) < 4.78 is 37.3. The fourth-order valence-corrected chi connectivity index (χ4v) is 2.05. The van der Waals surface area contributed by atoms with Crippen molar-refractivity contribution in [3.63, 3.8) is 0 Å². The predicted octanol–water partition coefficient (Wildman–Crippen LogP) is 4.16. The molecule has 5 heteroatoms. The molecule has 3 nitrogen and oxygen atoms in total. The normalized spacial score (nSPS) is 11.9. The Kier molecular flexibility index (Phi) is 4.62. The highest BCUT2D eigenvalue weighted by Crippen LogP contribution is 2.31. The van der Waals surface area contributed by atoms with E-state index in [-0.39, 0.29) is 11.7 Å². The van der Waals surface area contributed by atoms with Gasteiger partial charge in [0.25, 0.3) is 0 Å². The van der Waals surface area contributed by atoms with Crippen LogP contribution in [-0.2, 0) is 0 Å². The lowest BCUT2D eigenvalue weighted by Gasteiger charge is -2.18. The van der Waals surface area contributed by atoms with Crippen molar-refractivity contribution >= 4 is 5.69 Å². The third-order valence-corrected chi connectivity index (χ3v) is 3.23. The molecule has 0 aliphatic heterocycles. The third-order valence-electron chi connectivity index (χ3n) is 3.23. The molecule has 0 fully saturated rings. The van der Waals surface area contributed by atoms with Gasteiger partial charge < -0.3 is 14.8 Å². The maximum Gasteiger partial charge on any atom is 0.181 e. The van der Waals surface area contributed by atoms with Gasteiger partial charge >= 0.3 is 0 Å². The average molecular weight is 293 g/mol. The van der Waals surface area contributed by atoms with Gasteiger partial charge in [0, 0.05) is 6.04 Å². The molecule has 1 atom stereocenters. The molecule has 0 bridgehead atoms. The van der Waals surface area contributed by atoms with Crippen LogP contribution in [0.4, 0.5) is 14.5 Å². The summed E-state index contributed by atoms with van der Waals surface area (Å²) in [7, 11) is 3.10. The molecule has 0 aliphatic carbocycles. The molecule has 0 radical (unpaired) electrons. The monoisotopic (exact) mass is 293 g/mol. The molecular formula is C16H17F2NO2. The van der Waals surface area contributed by atoms with Gasteiger partial charge in [0.05, 0.1) is 19.9 Å². The second-order valence-electron chi connectivity index (χ2n) is 4.58. The fourth-order valence-electron chi connectivity index (χ4n) is 2.05. The average Bonchev–Trinajstić information content (AvgIpc) is 2.51. The Morgan fingerprint density at radius 3 is 2.38 bits per heavy atom. The lowest BCUT2D eigenvalue weighted by atomic mass is 10.1. The highest BCUT2D eigenvalue weighted by Gasteiger charge is 2.13. The molecule has 1 N–H and O–H groups in total. The number of anilines is 1. The SMILES string of the molecule is COc1ccc(C(C)Nc2cccc(F)c2F)cc1OC. The molecule has 0 saturated heterocycles. The van der Waals surface area contributed by atoms with Crippen molar-refractivity contribution in [1.29, 1.82) is 0 Å². The van der Waals surface area contributed by atoms with Crippen LogP contribution in [0.15, 0.2) is 36.4 Å². The van der Waals surface area contributed by atoms with Crippen LogP contribution in [0.2, 0.25) is 0 Å². The first kappa shape index (κ1) is 15.1. The molecule has 21 heavy (non-hydrogen) atoms. The number of hydrogen-bond donors (Lipinski definition) is 1. The highest BCUT2D eigenvalue weighted by atomic mass is 19.2. The summed E-state index contributed by atoms with van der Waals surface area (Å²) in [6.45, 7) is 1.85. The van der Waals surface area contributed by atoms with E-state index in [1.54, 1.807) is 26.4 Å². The van der Waals surface area contributed by atoms with Crippen molar-refractivity contribution in [3.05, 3.63) is 53.6 Å². The lowest BCUT2D eigenvalue weighted by Crippen LogP contribution is -2.09. The van der Waals surface area contributed by atoms with Crippen LogP contribution in [0, 0.1) is 11.6 Å². The zero-order valence-corrected chi connectivity index (χ0v) is 12.1. The van der Waals surface area contributed by atoms with Crippen LogP contribution in [0.1, 0.15) is 18.5 Å². The first-order chi connectivity index (χ1) is 10.1. The standard InChI is InChI=1S/C16H17F2NO2/c1-10(19-13-6-4-5-12(17)16(13)18)11-7-8-14(20-2)15(9-11)21-3/h4-10,19H,1-3H3. The van der Waals surface area contributed by atoms with Gasteiger partial charge in [-0.05, 0) is 36.8 Å². The van der Waals surface area contributed by atoms with E-state index in [2.05, 4.69) is 5.32 Å². The molecule has 0 aromatic heterocycles. The number of nitrogens with one attached hydrogen (secondary N) is 1. The molecule has 0 aliphatic rings. The van der Waals surface area contributed by atoms with Crippen molar-refractivity contribution in [2.24, 2.45) is 0 Å². The Labute approximate surface area is 122 Å². The Morgan fingerprint density at radius 1 is 1.00 bits per heavy atom. The fraction of sp³-hybridized carbons (Fsp3) is 0.250. The van der Waals surface area contributed by atoms with Crippen molar-refractivity contribution in [2.45, 2.75) is 13.0 Å². The summed E-state index contributed by atoms with van der Waals surface area (Å²) in [5.74, 6) is -0.557. The molecule has 2 rings (SSSR count). The Hall–Kier alpha value is -2.30. The molecule has 0 saturated carbocycles. The zero-order valence-electron chi connectivity index (χ0n) is 12.1. The third kappa shape index (κ3) is 3.24. The van der Waals surface area contributed by atoms with E-state index < -0.39 is 11.6 Å². The van der Waals surface area contributed by atoms with Crippen LogP contribution >= 0.6 is 0 Å².